The van der Waals surface area contributed by atoms with Crippen molar-refractivity contribution >= 4 is 23.7 Å². The van der Waals surface area contributed by atoms with Gasteiger partial charge in [0.25, 0.3) is 0 Å². The van der Waals surface area contributed by atoms with Gasteiger partial charge in [-0.25, -0.2) is 4.68 Å². The second-order valence-corrected chi connectivity index (χ2v) is 3.31. The molecule has 4 nitrogen and oxygen atoms in total. The number of nitrogens with one attached hydrogen (secondary N) is 1. The van der Waals surface area contributed by atoms with E-state index in [4.69, 9.17) is 11.6 Å². The van der Waals surface area contributed by atoms with Crippen molar-refractivity contribution in [3.63, 3.8) is 0 Å². The van der Waals surface area contributed by atoms with Crippen LogP contribution in [-0.2, 0) is 4.79 Å². The Morgan fingerprint density at radius 1 is 1.47 bits per heavy atom. The highest BCUT2D eigenvalue weighted by atomic mass is 35.5. The molecule has 2 aromatic rings. The molecule has 0 aliphatic carbocycles. The predicted octanol–water partition coefficient (Wildman–Crippen LogP) is 2.09. The average Bonchev–Trinajstić information content (AvgIpc) is 2.71. The molecule has 0 aliphatic heterocycles. The second-order valence-electron chi connectivity index (χ2n) is 2.87. The number of halogens is 1. The first kappa shape index (κ1) is 9.73. The molecule has 0 saturated carbocycles. The molecule has 1 heterocycles. The number of anilines is 1. The largest absolute Gasteiger partial charge is 0.327 e. The quantitative estimate of drug-likeness (QED) is 0.807. The second kappa shape index (κ2) is 4.14. The SMILES string of the molecule is O=CNc1cc(Cl)ccc1-n1cccn1. The molecule has 1 amide bonds. The standard InChI is InChI=1S/C10H8ClN3O/c11-8-2-3-10(9(6-8)12-7-15)14-5-1-4-13-14/h1-7H,(H,12,15). The van der Waals surface area contributed by atoms with Crippen LogP contribution in [0.3, 0.4) is 0 Å². The van der Waals surface area contributed by atoms with Crippen LogP contribution in [0.2, 0.25) is 5.02 Å². The Kier molecular flexibility index (Phi) is 2.69. The Labute approximate surface area is 91.5 Å². The molecule has 1 aromatic carbocycles. The summed E-state index contributed by atoms with van der Waals surface area (Å²) in [7, 11) is 0. The van der Waals surface area contributed by atoms with Crippen molar-refractivity contribution in [2.45, 2.75) is 0 Å². The Morgan fingerprint density at radius 3 is 3.00 bits per heavy atom. The molecule has 1 N–H and O–H groups in total. The highest BCUT2D eigenvalue weighted by Gasteiger charge is 2.04. The molecule has 0 fully saturated rings. The van der Waals surface area contributed by atoms with Gasteiger partial charge in [-0.1, -0.05) is 11.6 Å². The van der Waals surface area contributed by atoms with E-state index in [1.807, 2.05) is 0 Å². The Balaban J connectivity index is 2.50. The van der Waals surface area contributed by atoms with Crippen molar-refractivity contribution in [3.8, 4) is 5.69 Å². The molecule has 5 heteroatoms. The summed E-state index contributed by atoms with van der Waals surface area (Å²) in [4.78, 5) is 10.4. The highest BCUT2D eigenvalue weighted by molar-refractivity contribution is 6.31. The van der Waals surface area contributed by atoms with Crippen LogP contribution in [0.15, 0.2) is 36.7 Å². The van der Waals surface area contributed by atoms with Gasteiger partial charge in [0.1, 0.15) is 0 Å². The summed E-state index contributed by atoms with van der Waals surface area (Å²) in [6.07, 6.45) is 4.07. The summed E-state index contributed by atoms with van der Waals surface area (Å²) in [5, 5.41) is 7.22. The van der Waals surface area contributed by atoms with E-state index in [0.29, 0.717) is 17.1 Å². The van der Waals surface area contributed by atoms with Crippen molar-refractivity contribution in [3.05, 3.63) is 41.7 Å². The molecule has 1 aromatic heterocycles. The third-order valence-electron chi connectivity index (χ3n) is 1.92. The first-order valence-corrected chi connectivity index (χ1v) is 4.69. The number of amides is 1. The zero-order chi connectivity index (χ0) is 10.7. The van der Waals surface area contributed by atoms with Crippen LogP contribution in [0, 0.1) is 0 Å². The fourth-order valence-corrected chi connectivity index (χ4v) is 1.47. The van der Waals surface area contributed by atoms with Crippen LogP contribution in [0.5, 0.6) is 0 Å². The smallest absolute Gasteiger partial charge is 0.211 e. The highest BCUT2D eigenvalue weighted by Crippen LogP contribution is 2.23. The minimum Gasteiger partial charge on any atom is -0.327 e. The van der Waals surface area contributed by atoms with E-state index in [0.717, 1.165) is 5.69 Å². The number of rotatable bonds is 3. The van der Waals surface area contributed by atoms with Gasteiger partial charge in [0.2, 0.25) is 6.41 Å². The summed E-state index contributed by atoms with van der Waals surface area (Å²) in [6.45, 7) is 0. The maximum atomic E-state index is 10.4. The van der Waals surface area contributed by atoms with Crippen molar-refractivity contribution in [2.24, 2.45) is 0 Å². The van der Waals surface area contributed by atoms with Crippen LogP contribution in [-0.4, -0.2) is 16.2 Å². The van der Waals surface area contributed by atoms with E-state index in [2.05, 4.69) is 10.4 Å². The topological polar surface area (TPSA) is 46.9 Å². The molecule has 15 heavy (non-hydrogen) atoms. The summed E-state index contributed by atoms with van der Waals surface area (Å²) in [5.41, 5.74) is 1.40. The lowest BCUT2D eigenvalue weighted by molar-refractivity contribution is -0.105. The molecular weight excluding hydrogens is 214 g/mol. The molecule has 0 saturated heterocycles. The van der Waals surface area contributed by atoms with Crippen molar-refractivity contribution in [1.29, 1.82) is 0 Å². The third-order valence-corrected chi connectivity index (χ3v) is 2.16. The van der Waals surface area contributed by atoms with E-state index in [9.17, 15) is 4.79 Å². The molecule has 0 radical (unpaired) electrons. The fourth-order valence-electron chi connectivity index (χ4n) is 1.30. The first-order valence-electron chi connectivity index (χ1n) is 4.31. The maximum Gasteiger partial charge on any atom is 0.211 e. The molecular formula is C10H8ClN3O. The third kappa shape index (κ3) is 1.99. The van der Waals surface area contributed by atoms with Gasteiger partial charge < -0.3 is 5.32 Å². The molecule has 0 aliphatic rings. The number of hydrogen-bond acceptors (Lipinski definition) is 2. The minimum absolute atomic E-state index is 0.565. The number of carbonyl (C=O) groups excluding carboxylic acids is 1. The molecule has 0 unspecified atom stereocenters. The summed E-state index contributed by atoms with van der Waals surface area (Å²) in [6, 6.07) is 7.02. The Bertz CT molecular complexity index is 468. The van der Waals surface area contributed by atoms with E-state index in [1.54, 1.807) is 41.3 Å². The summed E-state index contributed by atoms with van der Waals surface area (Å²) in [5.74, 6) is 0. The molecule has 0 bridgehead atoms. The lowest BCUT2D eigenvalue weighted by Gasteiger charge is -2.08. The van der Waals surface area contributed by atoms with Crippen LogP contribution in [0.25, 0.3) is 5.69 Å². The van der Waals surface area contributed by atoms with Gasteiger partial charge in [-0.05, 0) is 24.3 Å². The van der Waals surface area contributed by atoms with Gasteiger partial charge in [-0.2, -0.15) is 5.10 Å². The zero-order valence-electron chi connectivity index (χ0n) is 7.72. The molecule has 0 spiro atoms. The summed E-state index contributed by atoms with van der Waals surface area (Å²) >= 11 is 5.83. The van der Waals surface area contributed by atoms with Crippen molar-refractivity contribution < 1.29 is 4.79 Å². The van der Waals surface area contributed by atoms with Crippen LogP contribution in [0.1, 0.15) is 0 Å². The fraction of sp³-hybridized carbons (Fsp3) is 0. The number of hydrogen-bond donors (Lipinski definition) is 1. The minimum atomic E-state index is 0.565. The number of nitrogens with zero attached hydrogens (tertiary/aromatic N) is 2. The van der Waals surface area contributed by atoms with Gasteiger partial charge in [0.15, 0.2) is 0 Å². The number of carbonyl (C=O) groups is 1. The molecule has 76 valence electrons. The van der Waals surface area contributed by atoms with Crippen LogP contribution in [0.4, 0.5) is 5.69 Å². The van der Waals surface area contributed by atoms with Gasteiger partial charge in [-0.15, -0.1) is 0 Å². The maximum absolute atomic E-state index is 10.4. The lowest BCUT2D eigenvalue weighted by Crippen LogP contribution is -2.02. The first-order chi connectivity index (χ1) is 7.31. The average molecular weight is 222 g/mol. The van der Waals surface area contributed by atoms with Crippen LogP contribution >= 0.6 is 11.6 Å². The van der Waals surface area contributed by atoms with Crippen molar-refractivity contribution in [1.82, 2.24) is 9.78 Å². The van der Waals surface area contributed by atoms with Gasteiger partial charge in [-0.3, -0.25) is 4.79 Å². The van der Waals surface area contributed by atoms with E-state index >= 15 is 0 Å². The number of aromatic nitrogens is 2. The van der Waals surface area contributed by atoms with Crippen LogP contribution < -0.4 is 5.32 Å². The normalized spacial score (nSPS) is 9.93. The predicted molar refractivity (Wildman–Crippen MR) is 58.3 cm³/mol. The molecule has 0 atom stereocenters. The van der Waals surface area contributed by atoms with E-state index in [1.165, 1.54) is 0 Å². The Morgan fingerprint density at radius 2 is 2.33 bits per heavy atom. The van der Waals surface area contributed by atoms with E-state index in [-0.39, 0.29) is 0 Å². The Hall–Kier alpha value is -1.81. The zero-order valence-corrected chi connectivity index (χ0v) is 8.48. The monoisotopic (exact) mass is 221 g/mol. The van der Waals surface area contributed by atoms with Gasteiger partial charge in [0.05, 0.1) is 11.4 Å². The summed E-state index contributed by atoms with van der Waals surface area (Å²) < 4.78 is 1.65. The van der Waals surface area contributed by atoms with Crippen molar-refractivity contribution in [2.75, 3.05) is 5.32 Å². The van der Waals surface area contributed by atoms with E-state index < -0.39 is 0 Å². The molecule has 2 rings (SSSR count). The van der Waals surface area contributed by atoms with Gasteiger partial charge in [0, 0.05) is 17.4 Å². The lowest BCUT2D eigenvalue weighted by atomic mass is 10.2. The number of benzene rings is 1. The van der Waals surface area contributed by atoms with Gasteiger partial charge >= 0.3 is 0 Å².